The fourth-order valence-electron chi connectivity index (χ4n) is 2.99. The lowest BCUT2D eigenvalue weighted by Crippen LogP contribution is -2.12. The summed E-state index contributed by atoms with van der Waals surface area (Å²) in [5.74, 6) is 0.244. The minimum absolute atomic E-state index is 0. The Morgan fingerprint density at radius 2 is 1.67 bits per heavy atom. The molecule has 3 aromatic carbocycles. The molecule has 1 heterocycles. The van der Waals surface area contributed by atoms with Gasteiger partial charge in [-0.05, 0) is 23.8 Å². The Kier molecular flexibility index (Phi) is 5.44. The van der Waals surface area contributed by atoms with Gasteiger partial charge in [0.1, 0.15) is 16.3 Å². The zero-order valence-electron chi connectivity index (χ0n) is 14.5. The molecule has 0 aliphatic heterocycles. The van der Waals surface area contributed by atoms with Gasteiger partial charge >= 0.3 is 0 Å². The summed E-state index contributed by atoms with van der Waals surface area (Å²) in [5, 5.41) is 0.746. The predicted octanol–water partition coefficient (Wildman–Crippen LogP) is 5.16. The van der Waals surface area contributed by atoms with Crippen molar-refractivity contribution >= 4 is 39.9 Å². The molecule has 27 heavy (non-hydrogen) atoms. The van der Waals surface area contributed by atoms with Crippen LogP contribution in [0.2, 0.25) is 0 Å². The van der Waals surface area contributed by atoms with Gasteiger partial charge in [0.05, 0.1) is 11.8 Å². The molecule has 1 aromatic heterocycles. The molecular formula is C21H17ClN2O2S. The first-order chi connectivity index (χ1) is 12.7. The molecule has 4 aromatic rings. The number of rotatable bonds is 4. The maximum atomic E-state index is 11.8. The molecule has 1 amide bonds. The SMILES string of the molecule is COc1ccc(-c2ccccc2)c2sc(-c3ccccc3C(N)=O)nc12.Cl. The third-order valence-corrected chi connectivity index (χ3v) is 5.36. The van der Waals surface area contributed by atoms with Crippen LogP contribution in [0, 0.1) is 0 Å². The molecule has 0 spiro atoms. The van der Waals surface area contributed by atoms with Crippen molar-refractivity contribution in [2.24, 2.45) is 5.73 Å². The van der Waals surface area contributed by atoms with Crippen molar-refractivity contribution in [3.8, 4) is 27.4 Å². The molecule has 2 N–H and O–H groups in total. The second-order valence-corrected chi connectivity index (χ2v) is 6.79. The third-order valence-electron chi connectivity index (χ3n) is 4.23. The van der Waals surface area contributed by atoms with Crippen LogP contribution in [-0.2, 0) is 0 Å². The second kappa shape index (κ2) is 7.78. The highest BCUT2D eigenvalue weighted by atomic mass is 35.5. The van der Waals surface area contributed by atoms with E-state index in [1.165, 1.54) is 11.3 Å². The summed E-state index contributed by atoms with van der Waals surface area (Å²) < 4.78 is 6.52. The molecule has 4 rings (SSSR count). The molecule has 0 saturated carbocycles. The minimum Gasteiger partial charge on any atom is -0.494 e. The van der Waals surface area contributed by atoms with Gasteiger partial charge in [-0.3, -0.25) is 4.79 Å². The number of methoxy groups -OCH3 is 1. The summed E-state index contributed by atoms with van der Waals surface area (Å²) in [7, 11) is 1.63. The molecular weight excluding hydrogens is 380 g/mol. The number of halogens is 1. The normalized spacial score (nSPS) is 10.4. The average molecular weight is 397 g/mol. The number of carbonyl (C=O) groups excluding carboxylic acids is 1. The molecule has 0 fully saturated rings. The van der Waals surface area contributed by atoms with Gasteiger partial charge in [-0.2, -0.15) is 0 Å². The van der Waals surface area contributed by atoms with Crippen molar-refractivity contribution in [2.45, 2.75) is 0 Å². The van der Waals surface area contributed by atoms with Crippen LogP contribution >= 0.6 is 23.7 Å². The van der Waals surface area contributed by atoms with E-state index in [1.54, 1.807) is 19.2 Å². The summed E-state index contributed by atoms with van der Waals surface area (Å²) in [6, 6.07) is 21.4. The van der Waals surface area contributed by atoms with Gasteiger partial charge < -0.3 is 10.5 Å². The van der Waals surface area contributed by atoms with Gasteiger partial charge in [-0.25, -0.2) is 4.98 Å². The van der Waals surface area contributed by atoms with Crippen molar-refractivity contribution < 1.29 is 9.53 Å². The molecule has 0 aliphatic carbocycles. The number of ether oxygens (including phenoxy) is 1. The summed E-state index contributed by atoms with van der Waals surface area (Å²) in [4.78, 5) is 16.6. The maximum absolute atomic E-state index is 11.8. The number of thiazole rings is 1. The van der Waals surface area contributed by atoms with Crippen LogP contribution in [0.3, 0.4) is 0 Å². The standard InChI is InChI=1S/C21H16N2O2S.ClH/c1-25-17-12-11-14(13-7-3-2-4-8-13)19-18(17)23-21(26-19)16-10-6-5-9-15(16)20(22)24;/h2-12H,1H3,(H2,22,24);1H. The lowest BCUT2D eigenvalue weighted by Gasteiger charge is -2.05. The van der Waals surface area contributed by atoms with Crippen LogP contribution in [0.15, 0.2) is 66.7 Å². The predicted molar refractivity (Wildman–Crippen MR) is 113 cm³/mol. The number of nitrogens with two attached hydrogens (primary N) is 1. The number of fused-ring (bicyclic) bond motifs is 1. The Hall–Kier alpha value is -2.89. The van der Waals surface area contributed by atoms with Crippen molar-refractivity contribution in [1.29, 1.82) is 0 Å². The molecule has 0 aliphatic rings. The Morgan fingerprint density at radius 1 is 0.963 bits per heavy atom. The van der Waals surface area contributed by atoms with E-state index in [9.17, 15) is 4.79 Å². The minimum atomic E-state index is -0.463. The van der Waals surface area contributed by atoms with Crippen molar-refractivity contribution in [3.63, 3.8) is 0 Å². The number of benzene rings is 3. The maximum Gasteiger partial charge on any atom is 0.249 e. The molecule has 136 valence electrons. The van der Waals surface area contributed by atoms with E-state index in [2.05, 4.69) is 12.1 Å². The van der Waals surface area contributed by atoms with Gasteiger partial charge in [-0.1, -0.05) is 48.5 Å². The van der Waals surface area contributed by atoms with Gasteiger partial charge in [0, 0.05) is 16.7 Å². The van der Waals surface area contributed by atoms with Gasteiger partial charge in [0.15, 0.2) is 0 Å². The first-order valence-corrected chi connectivity index (χ1v) is 8.93. The van der Waals surface area contributed by atoms with Gasteiger partial charge in [0.25, 0.3) is 0 Å². The summed E-state index contributed by atoms with van der Waals surface area (Å²) in [5.41, 5.74) is 9.72. The largest absolute Gasteiger partial charge is 0.494 e. The highest BCUT2D eigenvalue weighted by molar-refractivity contribution is 7.22. The number of nitrogens with zero attached hydrogens (tertiary/aromatic N) is 1. The Bertz CT molecular complexity index is 1110. The Labute approximate surface area is 167 Å². The van der Waals surface area contributed by atoms with E-state index >= 15 is 0 Å². The summed E-state index contributed by atoms with van der Waals surface area (Å²) in [6.07, 6.45) is 0. The third kappa shape index (κ3) is 3.39. The Balaban J connectivity index is 0.00000210. The van der Waals surface area contributed by atoms with E-state index in [1.807, 2.05) is 42.5 Å². The highest BCUT2D eigenvalue weighted by Crippen LogP contribution is 2.41. The fraction of sp³-hybridized carbons (Fsp3) is 0.0476. The first-order valence-electron chi connectivity index (χ1n) is 8.11. The van der Waals surface area contributed by atoms with Crippen molar-refractivity contribution in [1.82, 2.24) is 4.98 Å². The molecule has 0 radical (unpaired) electrons. The number of hydrogen-bond acceptors (Lipinski definition) is 4. The van der Waals surface area contributed by atoms with Crippen molar-refractivity contribution in [2.75, 3.05) is 7.11 Å². The highest BCUT2D eigenvalue weighted by Gasteiger charge is 2.18. The zero-order chi connectivity index (χ0) is 18.1. The van der Waals surface area contributed by atoms with Gasteiger partial charge in [0.2, 0.25) is 5.91 Å². The number of amides is 1. The molecule has 0 saturated heterocycles. The van der Waals surface area contributed by atoms with E-state index in [0.29, 0.717) is 11.3 Å². The lowest BCUT2D eigenvalue weighted by atomic mass is 10.1. The van der Waals surface area contributed by atoms with Crippen molar-refractivity contribution in [3.05, 3.63) is 72.3 Å². The number of primary amides is 1. The Morgan fingerprint density at radius 3 is 2.37 bits per heavy atom. The van der Waals surface area contributed by atoms with Crippen LogP contribution < -0.4 is 10.5 Å². The molecule has 0 atom stereocenters. The topological polar surface area (TPSA) is 65.2 Å². The van der Waals surface area contributed by atoms with E-state index in [-0.39, 0.29) is 12.4 Å². The first kappa shape index (κ1) is 18.9. The average Bonchev–Trinajstić information content (AvgIpc) is 3.13. The monoisotopic (exact) mass is 396 g/mol. The fourth-order valence-corrected chi connectivity index (χ4v) is 4.15. The van der Waals surface area contributed by atoms with Crippen LogP contribution in [0.1, 0.15) is 10.4 Å². The van der Waals surface area contributed by atoms with Crippen LogP contribution in [0.5, 0.6) is 5.75 Å². The summed E-state index contributed by atoms with van der Waals surface area (Å²) >= 11 is 1.53. The van der Waals surface area contributed by atoms with E-state index in [0.717, 1.165) is 31.9 Å². The molecule has 0 unspecified atom stereocenters. The van der Waals surface area contributed by atoms with Crippen LogP contribution in [-0.4, -0.2) is 18.0 Å². The molecule has 0 bridgehead atoms. The number of carbonyl (C=O) groups is 1. The lowest BCUT2D eigenvalue weighted by molar-refractivity contribution is 0.100. The van der Waals surface area contributed by atoms with E-state index < -0.39 is 5.91 Å². The summed E-state index contributed by atoms with van der Waals surface area (Å²) in [6.45, 7) is 0. The smallest absolute Gasteiger partial charge is 0.249 e. The number of hydrogen-bond donors (Lipinski definition) is 1. The molecule has 4 nitrogen and oxygen atoms in total. The van der Waals surface area contributed by atoms with E-state index in [4.69, 9.17) is 15.5 Å². The zero-order valence-corrected chi connectivity index (χ0v) is 16.1. The quantitative estimate of drug-likeness (QED) is 0.518. The van der Waals surface area contributed by atoms with Crippen LogP contribution in [0.4, 0.5) is 0 Å². The second-order valence-electron chi connectivity index (χ2n) is 5.79. The number of aromatic nitrogens is 1. The molecule has 6 heteroatoms. The van der Waals surface area contributed by atoms with Crippen LogP contribution in [0.25, 0.3) is 31.9 Å². The van der Waals surface area contributed by atoms with Gasteiger partial charge in [-0.15, -0.1) is 23.7 Å².